The van der Waals surface area contributed by atoms with Crippen molar-refractivity contribution in [1.82, 2.24) is 9.97 Å². The number of fused-ring (bicyclic) bond motifs is 2. The number of para-hydroxylation sites is 1. The van der Waals surface area contributed by atoms with Crippen LogP contribution >= 0.6 is 0 Å². The van der Waals surface area contributed by atoms with E-state index in [9.17, 15) is 9.65 Å². The van der Waals surface area contributed by atoms with Gasteiger partial charge in [0.15, 0.2) is 0 Å². The third-order valence-electron chi connectivity index (χ3n) is 5.30. The number of H-pyrrole nitrogens is 1. The molecule has 0 amide bonds. The molecule has 0 atom stereocenters. The lowest BCUT2D eigenvalue weighted by Gasteiger charge is -2.06. The molecular weight excluding hydrogens is 373 g/mol. The van der Waals surface area contributed by atoms with Gasteiger partial charge in [0.1, 0.15) is 5.82 Å². The van der Waals surface area contributed by atoms with E-state index >= 15 is 0 Å². The molecule has 0 unspecified atom stereocenters. The highest BCUT2D eigenvalue weighted by molar-refractivity contribution is 6.07. The normalized spacial score (nSPS) is 11.7. The van der Waals surface area contributed by atoms with Crippen LogP contribution in [0.1, 0.15) is 11.1 Å². The van der Waals surface area contributed by atoms with E-state index in [1.54, 1.807) is 18.3 Å². The molecule has 2 heterocycles. The van der Waals surface area contributed by atoms with Crippen molar-refractivity contribution < 1.29 is 4.39 Å². The third-order valence-corrected chi connectivity index (χ3v) is 5.30. The monoisotopic (exact) mass is 389 g/mol. The zero-order chi connectivity index (χ0) is 20.5. The molecule has 0 saturated carbocycles. The van der Waals surface area contributed by atoms with E-state index in [0.29, 0.717) is 11.1 Å². The molecule has 0 fully saturated rings. The summed E-state index contributed by atoms with van der Waals surface area (Å²) in [5, 5.41) is 12.8. The Kier molecular flexibility index (Phi) is 4.34. The van der Waals surface area contributed by atoms with Crippen molar-refractivity contribution in [2.45, 2.75) is 0 Å². The number of pyridine rings is 1. The molecule has 0 radical (unpaired) electrons. The molecule has 5 aromatic rings. The molecule has 3 nitrogen and oxygen atoms in total. The van der Waals surface area contributed by atoms with Crippen LogP contribution in [0.25, 0.3) is 44.5 Å². The quantitative estimate of drug-likeness (QED) is 0.354. The summed E-state index contributed by atoms with van der Waals surface area (Å²) in [5.74, 6) is -0.276. The number of halogens is 1. The maximum atomic E-state index is 14.4. The van der Waals surface area contributed by atoms with E-state index in [4.69, 9.17) is 0 Å². The fraction of sp³-hybridized carbons (Fsp3) is 0. The second kappa shape index (κ2) is 7.31. The Labute approximate surface area is 172 Å². The number of aromatic nitrogens is 2. The molecule has 5 rings (SSSR count). The van der Waals surface area contributed by atoms with Gasteiger partial charge in [-0.1, -0.05) is 54.6 Å². The minimum absolute atomic E-state index is 0.276. The Hall–Kier alpha value is -4.23. The molecule has 0 aliphatic carbocycles. The Morgan fingerprint density at radius 3 is 2.63 bits per heavy atom. The maximum Gasteiger partial charge on any atom is 0.131 e. The second-order valence-electron chi connectivity index (χ2n) is 7.02. The summed E-state index contributed by atoms with van der Waals surface area (Å²) in [6, 6.07) is 22.6. The zero-order valence-electron chi connectivity index (χ0n) is 15.9. The SMILES string of the molecule is N#C/C(=C\c1cccc2cnccc12)c1c[nH]c2c(-c3ccccc3F)cccc12. The van der Waals surface area contributed by atoms with Crippen molar-refractivity contribution in [2.24, 2.45) is 0 Å². The summed E-state index contributed by atoms with van der Waals surface area (Å²) >= 11 is 0. The largest absolute Gasteiger partial charge is 0.360 e. The van der Waals surface area contributed by atoms with Gasteiger partial charge in [0.25, 0.3) is 0 Å². The number of aromatic amines is 1. The zero-order valence-corrected chi connectivity index (χ0v) is 15.9. The van der Waals surface area contributed by atoms with Crippen LogP contribution in [0.3, 0.4) is 0 Å². The van der Waals surface area contributed by atoms with Gasteiger partial charge < -0.3 is 4.98 Å². The molecule has 0 saturated heterocycles. The number of hydrogen-bond donors (Lipinski definition) is 1. The summed E-state index contributed by atoms with van der Waals surface area (Å²) in [6.07, 6.45) is 7.26. The Balaban J connectivity index is 1.69. The summed E-state index contributed by atoms with van der Waals surface area (Å²) < 4.78 is 14.4. The van der Waals surface area contributed by atoms with Crippen molar-refractivity contribution in [3.05, 3.63) is 102 Å². The van der Waals surface area contributed by atoms with E-state index in [1.165, 1.54) is 6.07 Å². The topological polar surface area (TPSA) is 52.5 Å². The molecule has 0 aliphatic heterocycles. The van der Waals surface area contributed by atoms with E-state index in [1.807, 2.05) is 67.0 Å². The van der Waals surface area contributed by atoms with E-state index in [0.717, 1.165) is 38.4 Å². The minimum Gasteiger partial charge on any atom is -0.360 e. The third kappa shape index (κ3) is 2.94. The number of benzene rings is 3. The highest BCUT2D eigenvalue weighted by Crippen LogP contribution is 2.34. The number of nitrogens with zero attached hydrogens (tertiary/aromatic N) is 2. The van der Waals surface area contributed by atoms with Gasteiger partial charge in [-0.3, -0.25) is 4.98 Å². The van der Waals surface area contributed by atoms with Gasteiger partial charge in [0, 0.05) is 46.1 Å². The van der Waals surface area contributed by atoms with Crippen LogP contribution in [0.5, 0.6) is 0 Å². The van der Waals surface area contributed by atoms with Crippen LogP contribution < -0.4 is 0 Å². The number of rotatable bonds is 3. The average molecular weight is 389 g/mol. The van der Waals surface area contributed by atoms with E-state index in [-0.39, 0.29) is 5.82 Å². The van der Waals surface area contributed by atoms with Crippen LogP contribution in [-0.4, -0.2) is 9.97 Å². The van der Waals surface area contributed by atoms with Gasteiger partial charge in [-0.25, -0.2) is 4.39 Å². The highest BCUT2D eigenvalue weighted by Gasteiger charge is 2.14. The lowest BCUT2D eigenvalue weighted by Crippen LogP contribution is -1.86. The molecular formula is C26H16FN3. The molecule has 3 aromatic carbocycles. The second-order valence-corrected chi connectivity index (χ2v) is 7.02. The summed E-state index contributed by atoms with van der Waals surface area (Å²) in [7, 11) is 0. The Morgan fingerprint density at radius 2 is 1.77 bits per heavy atom. The van der Waals surface area contributed by atoms with Gasteiger partial charge in [-0.2, -0.15) is 5.26 Å². The van der Waals surface area contributed by atoms with Gasteiger partial charge in [0.2, 0.25) is 0 Å². The Morgan fingerprint density at radius 1 is 0.933 bits per heavy atom. The molecule has 2 aromatic heterocycles. The van der Waals surface area contributed by atoms with E-state index in [2.05, 4.69) is 16.0 Å². The van der Waals surface area contributed by atoms with Crippen molar-refractivity contribution in [3.63, 3.8) is 0 Å². The maximum absolute atomic E-state index is 14.4. The number of nitrogens with one attached hydrogen (secondary N) is 1. The smallest absolute Gasteiger partial charge is 0.131 e. The first-order valence-electron chi connectivity index (χ1n) is 9.56. The fourth-order valence-corrected chi connectivity index (χ4v) is 3.88. The van der Waals surface area contributed by atoms with Crippen molar-refractivity contribution in [3.8, 4) is 17.2 Å². The number of hydrogen-bond acceptors (Lipinski definition) is 2. The average Bonchev–Trinajstić information content (AvgIpc) is 3.22. The molecule has 0 spiro atoms. The minimum atomic E-state index is -0.276. The van der Waals surface area contributed by atoms with Crippen molar-refractivity contribution in [2.75, 3.05) is 0 Å². The van der Waals surface area contributed by atoms with Crippen LogP contribution in [-0.2, 0) is 0 Å². The summed E-state index contributed by atoms with van der Waals surface area (Å²) in [6.45, 7) is 0. The van der Waals surface area contributed by atoms with Crippen LogP contribution in [0.4, 0.5) is 4.39 Å². The van der Waals surface area contributed by atoms with Crippen molar-refractivity contribution in [1.29, 1.82) is 5.26 Å². The van der Waals surface area contributed by atoms with Gasteiger partial charge in [0.05, 0.1) is 17.2 Å². The molecule has 1 N–H and O–H groups in total. The molecule has 0 bridgehead atoms. The number of allylic oxidation sites excluding steroid dienone is 1. The highest BCUT2D eigenvalue weighted by atomic mass is 19.1. The lowest BCUT2D eigenvalue weighted by atomic mass is 9.97. The predicted octanol–water partition coefficient (Wildman–Crippen LogP) is 6.59. The van der Waals surface area contributed by atoms with Gasteiger partial charge in [-0.05, 0) is 29.2 Å². The first-order chi connectivity index (χ1) is 14.8. The van der Waals surface area contributed by atoms with Gasteiger partial charge >= 0.3 is 0 Å². The summed E-state index contributed by atoms with van der Waals surface area (Å²) in [4.78, 5) is 7.42. The lowest BCUT2D eigenvalue weighted by molar-refractivity contribution is 0.631. The molecule has 4 heteroatoms. The molecule has 142 valence electrons. The number of nitriles is 1. The van der Waals surface area contributed by atoms with Gasteiger partial charge in [-0.15, -0.1) is 0 Å². The Bertz CT molecular complexity index is 1470. The predicted molar refractivity (Wildman–Crippen MR) is 119 cm³/mol. The van der Waals surface area contributed by atoms with Crippen LogP contribution in [0, 0.1) is 17.1 Å². The molecule has 0 aliphatic rings. The van der Waals surface area contributed by atoms with E-state index < -0.39 is 0 Å². The first kappa shape index (κ1) is 17.8. The summed E-state index contributed by atoms with van der Waals surface area (Å²) in [5.41, 5.74) is 4.38. The van der Waals surface area contributed by atoms with Crippen molar-refractivity contribution >= 4 is 33.3 Å². The molecule has 30 heavy (non-hydrogen) atoms. The standard InChI is InChI=1S/C26H16FN3/c27-25-10-2-1-7-21(25)22-8-4-9-23-24(16-30-26(22)23)19(14-28)13-17-5-3-6-18-15-29-12-11-20(17)18/h1-13,15-16,30H/b19-13+. The van der Waals surface area contributed by atoms with Crippen LogP contribution in [0.2, 0.25) is 0 Å². The fourth-order valence-electron chi connectivity index (χ4n) is 3.88. The first-order valence-corrected chi connectivity index (χ1v) is 9.56. The van der Waals surface area contributed by atoms with Crippen LogP contribution in [0.15, 0.2) is 85.3 Å².